The number of anilines is 1. The van der Waals surface area contributed by atoms with E-state index in [2.05, 4.69) is 15.6 Å². The van der Waals surface area contributed by atoms with Crippen LogP contribution in [0.4, 0.5) is 18.9 Å². The topological polar surface area (TPSA) is 84.2 Å². The van der Waals surface area contributed by atoms with Gasteiger partial charge in [0.1, 0.15) is 5.69 Å². The summed E-state index contributed by atoms with van der Waals surface area (Å²) in [6.45, 7) is 0.159. The van der Waals surface area contributed by atoms with Gasteiger partial charge in [-0.3, -0.25) is 14.6 Å². The van der Waals surface area contributed by atoms with Crippen LogP contribution >= 0.6 is 0 Å². The predicted molar refractivity (Wildman–Crippen MR) is 93.5 cm³/mol. The van der Waals surface area contributed by atoms with Crippen molar-refractivity contribution in [1.29, 1.82) is 0 Å². The number of aromatic nitrogens is 1. The lowest BCUT2D eigenvalue weighted by atomic mass is 10.2. The molecule has 0 unspecified atom stereocenters. The molecule has 3 aromatic rings. The monoisotopic (exact) mass is 389 g/mol. The highest BCUT2D eigenvalue weighted by molar-refractivity contribution is 6.02. The van der Waals surface area contributed by atoms with Gasteiger partial charge in [-0.15, -0.1) is 0 Å². The molecule has 0 spiro atoms. The molecule has 2 aromatic heterocycles. The van der Waals surface area contributed by atoms with Crippen molar-refractivity contribution in [1.82, 2.24) is 10.3 Å². The lowest BCUT2D eigenvalue weighted by Crippen LogP contribution is -2.23. The highest BCUT2D eigenvalue weighted by Crippen LogP contribution is 2.27. The number of furan rings is 1. The molecule has 6 nitrogen and oxygen atoms in total. The molecule has 0 radical (unpaired) electrons. The number of pyridine rings is 1. The van der Waals surface area contributed by atoms with Crippen molar-refractivity contribution < 1.29 is 27.2 Å². The normalized spacial score (nSPS) is 11.1. The van der Waals surface area contributed by atoms with Gasteiger partial charge in [0, 0.05) is 18.4 Å². The largest absolute Gasteiger partial charge is 0.459 e. The van der Waals surface area contributed by atoms with Crippen LogP contribution in [0.1, 0.15) is 32.2 Å². The molecule has 2 heterocycles. The van der Waals surface area contributed by atoms with Gasteiger partial charge in [-0.1, -0.05) is 12.1 Å². The van der Waals surface area contributed by atoms with Gasteiger partial charge in [0.05, 0.1) is 11.8 Å². The fraction of sp³-hybridized carbons (Fsp3) is 0.105. The number of halogens is 3. The van der Waals surface area contributed by atoms with Gasteiger partial charge in [0.2, 0.25) is 0 Å². The highest BCUT2D eigenvalue weighted by Gasteiger charge is 2.32. The number of carbonyl (C=O) groups excluding carboxylic acids is 2. The summed E-state index contributed by atoms with van der Waals surface area (Å²) in [7, 11) is 0. The summed E-state index contributed by atoms with van der Waals surface area (Å²) in [4.78, 5) is 27.2. The Morgan fingerprint density at radius 3 is 2.32 bits per heavy atom. The predicted octanol–water partition coefficient (Wildman–Crippen LogP) is 3.88. The van der Waals surface area contributed by atoms with Gasteiger partial charge < -0.3 is 15.1 Å². The SMILES string of the molecule is O=C(NCc1ccc(NC(=O)c2ccco2)cc1)c1ccc(C(F)(F)F)nc1. The first-order chi connectivity index (χ1) is 13.3. The van der Waals surface area contributed by atoms with Crippen molar-refractivity contribution in [2.45, 2.75) is 12.7 Å². The van der Waals surface area contributed by atoms with Crippen LogP contribution in [-0.4, -0.2) is 16.8 Å². The van der Waals surface area contributed by atoms with E-state index in [4.69, 9.17) is 4.42 Å². The van der Waals surface area contributed by atoms with E-state index in [1.54, 1.807) is 30.3 Å². The summed E-state index contributed by atoms with van der Waals surface area (Å²) in [6.07, 6.45) is -2.28. The van der Waals surface area contributed by atoms with Crippen LogP contribution in [-0.2, 0) is 12.7 Å². The molecule has 0 atom stereocenters. The van der Waals surface area contributed by atoms with E-state index in [-0.39, 0.29) is 23.8 Å². The van der Waals surface area contributed by atoms with Crippen LogP contribution in [0.15, 0.2) is 65.4 Å². The van der Waals surface area contributed by atoms with Crippen molar-refractivity contribution in [3.05, 3.63) is 83.6 Å². The van der Waals surface area contributed by atoms with E-state index in [9.17, 15) is 22.8 Å². The van der Waals surface area contributed by atoms with E-state index in [0.717, 1.165) is 23.9 Å². The summed E-state index contributed by atoms with van der Waals surface area (Å²) in [5.74, 6) is -0.751. The summed E-state index contributed by atoms with van der Waals surface area (Å²) >= 11 is 0. The van der Waals surface area contributed by atoms with Gasteiger partial charge in [0.25, 0.3) is 11.8 Å². The first-order valence-electron chi connectivity index (χ1n) is 8.08. The Hall–Kier alpha value is -3.62. The zero-order valence-electron chi connectivity index (χ0n) is 14.3. The molecular formula is C19H14F3N3O3. The quantitative estimate of drug-likeness (QED) is 0.694. The molecule has 9 heteroatoms. The Kier molecular flexibility index (Phi) is 5.44. The average Bonchev–Trinajstić information content (AvgIpc) is 3.21. The zero-order chi connectivity index (χ0) is 20.1. The number of nitrogens with zero attached hydrogens (tertiary/aromatic N) is 1. The van der Waals surface area contributed by atoms with Gasteiger partial charge in [-0.2, -0.15) is 13.2 Å². The van der Waals surface area contributed by atoms with Crippen LogP contribution in [0.25, 0.3) is 0 Å². The second-order valence-corrected chi connectivity index (χ2v) is 5.74. The molecule has 0 aliphatic heterocycles. The van der Waals surface area contributed by atoms with E-state index < -0.39 is 17.8 Å². The van der Waals surface area contributed by atoms with Crippen molar-refractivity contribution in [3.8, 4) is 0 Å². The van der Waals surface area contributed by atoms with E-state index in [1.165, 1.54) is 12.3 Å². The fourth-order valence-electron chi connectivity index (χ4n) is 2.29. The third kappa shape index (κ3) is 4.76. The molecule has 0 saturated carbocycles. The minimum absolute atomic E-state index is 0.0235. The first kappa shape index (κ1) is 19.2. The number of alkyl halides is 3. The van der Waals surface area contributed by atoms with E-state index >= 15 is 0 Å². The number of rotatable bonds is 5. The molecule has 2 amide bonds. The van der Waals surface area contributed by atoms with Crippen molar-refractivity contribution >= 4 is 17.5 Å². The van der Waals surface area contributed by atoms with Gasteiger partial charge in [0.15, 0.2) is 5.76 Å². The third-order valence-corrected chi connectivity index (χ3v) is 3.73. The average molecular weight is 389 g/mol. The van der Waals surface area contributed by atoms with Crippen LogP contribution in [0.3, 0.4) is 0 Å². The third-order valence-electron chi connectivity index (χ3n) is 3.73. The number of amides is 2. The minimum atomic E-state index is -4.55. The Bertz CT molecular complexity index is 951. The molecule has 0 bridgehead atoms. The molecule has 1 aromatic carbocycles. The summed E-state index contributed by atoms with van der Waals surface area (Å²) < 4.78 is 42.5. The Morgan fingerprint density at radius 2 is 1.75 bits per heavy atom. The summed E-state index contributed by atoms with van der Waals surface area (Å²) in [6, 6.07) is 11.7. The number of benzene rings is 1. The molecule has 2 N–H and O–H groups in total. The van der Waals surface area contributed by atoms with Crippen LogP contribution in [0.2, 0.25) is 0 Å². The summed E-state index contributed by atoms with van der Waals surface area (Å²) in [5, 5.41) is 5.25. The maximum atomic E-state index is 12.5. The van der Waals surface area contributed by atoms with Crippen molar-refractivity contribution in [3.63, 3.8) is 0 Å². The molecule has 144 valence electrons. The smallest absolute Gasteiger partial charge is 0.433 e. The molecule has 0 fully saturated rings. The number of hydrogen-bond acceptors (Lipinski definition) is 4. The first-order valence-corrected chi connectivity index (χ1v) is 8.08. The van der Waals surface area contributed by atoms with Crippen molar-refractivity contribution in [2.24, 2.45) is 0 Å². The van der Waals surface area contributed by atoms with Gasteiger partial charge in [-0.25, -0.2) is 0 Å². The molecule has 0 aliphatic carbocycles. The Balaban J connectivity index is 1.54. The Morgan fingerprint density at radius 1 is 1.00 bits per heavy atom. The van der Waals surface area contributed by atoms with E-state index in [0.29, 0.717) is 5.69 Å². The van der Waals surface area contributed by atoms with Crippen LogP contribution in [0, 0.1) is 0 Å². The van der Waals surface area contributed by atoms with Crippen molar-refractivity contribution in [2.75, 3.05) is 5.32 Å². The summed E-state index contributed by atoms with van der Waals surface area (Å²) in [5.41, 5.74) is 0.249. The second kappa shape index (κ2) is 7.95. The molecular weight excluding hydrogens is 375 g/mol. The zero-order valence-corrected chi connectivity index (χ0v) is 14.3. The lowest BCUT2D eigenvalue weighted by Gasteiger charge is -2.08. The molecule has 0 aliphatic rings. The standard InChI is InChI=1S/C19H14F3N3O3/c20-19(21,22)16-8-5-13(11-23-16)17(26)24-10-12-3-6-14(7-4-12)25-18(27)15-2-1-9-28-15/h1-9,11H,10H2,(H,24,26)(H,25,27). The van der Waals surface area contributed by atoms with Crippen LogP contribution < -0.4 is 10.6 Å². The number of hydrogen-bond donors (Lipinski definition) is 2. The molecule has 3 rings (SSSR count). The fourth-order valence-corrected chi connectivity index (χ4v) is 2.29. The molecule has 0 saturated heterocycles. The second-order valence-electron chi connectivity index (χ2n) is 5.74. The Labute approximate surface area is 157 Å². The molecule has 28 heavy (non-hydrogen) atoms. The maximum Gasteiger partial charge on any atom is 0.433 e. The lowest BCUT2D eigenvalue weighted by molar-refractivity contribution is -0.141. The van der Waals surface area contributed by atoms with Gasteiger partial charge in [-0.05, 0) is 42.0 Å². The number of nitrogens with one attached hydrogen (secondary N) is 2. The number of carbonyl (C=O) groups is 2. The minimum Gasteiger partial charge on any atom is -0.459 e. The van der Waals surface area contributed by atoms with Gasteiger partial charge >= 0.3 is 6.18 Å². The highest BCUT2D eigenvalue weighted by atomic mass is 19.4. The van der Waals surface area contributed by atoms with Crippen LogP contribution in [0.5, 0.6) is 0 Å². The maximum absolute atomic E-state index is 12.5. The van der Waals surface area contributed by atoms with E-state index in [1.807, 2.05) is 0 Å².